The normalized spacial score (nSPS) is 10.3. The number of pyridine rings is 1. The van der Waals surface area contributed by atoms with E-state index in [0.29, 0.717) is 0 Å². The molecule has 0 bridgehead atoms. The summed E-state index contributed by atoms with van der Waals surface area (Å²) < 4.78 is 17.8. The predicted octanol–water partition coefficient (Wildman–Crippen LogP) is 2.07. The molecule has 6 nitrogen and oxygen atoms in total. The molecule has 0 aliphatic carbocycles. The molecule has 18 heavy (non-hydrogen) atoms. The second kappa shape index (κ2) is 4.36. The van der Waals surface area contributed by atoms with Gasteiger partial charge in [0.15, 0.2) is 5.69 Å². The minimum Gasteiger partial charge on any atom is -0.464 e. The van der Waals surface area contributed by atoms with E-state index in [1.807, 2.05) is 0 Å². The van der Waals surface area contributed by atoms with Crippen LogP contribution in [0.4, 0.5) is 10.1 Å². The molecule has 0 unspecified atom stereocenters. The number of fused-ring (bicyclic) bond motifs is 1. The van der Waals surface area contributed by atoms with Gasteiger partial charge in [-0.2, -0.15) is 0 Å². The Morgan fingerprint density at radius 1 is 1.44 bits per heavy atom. The van der Waals surface area contributed by atoms with Crippen LogP contribution in [-0.2, 0) is 4.74 Å². The van der Waals surface area contributed by atoms with Crippen LogP contribution >= 0.6 is 0 Å². The van der Waals surface area contributed by atoms with E-state index in [0.717, 1.165) is 19.2 Å². The first-order chi connectivity index (χ1) is 8.54. The number of carbonyl (C=O) groups excluding carboxylic acids is 1. The van der Waals surface area contributed by atoms with Gasteiger partial charge in [-0.15, -0.1) is 0 Å². The van der Waals surface area contributed by atoms with Crippen LogP contribution in [0.5, 0.6) is 0 Å². The Morgan fingerprint density at radius 2 is 2.17 bits per heavy atom. The van der Waals surface area contributed by atoms with Crippen LogP contribution in [0.2, 0.25) is 0 Å². The number of esters is 1. The highest BCUT2D eigenvalue weighted by molar-refractivity contribution is 6.05. The number of nitrogens with zero attached hydrogens (tertiary/aromatic N) is 2. The smallest absolute Gasteiger partial charge is 0.357 e. The molecule has 7 heteroatoms. The molecule has 0 aliphatic rings. The molecule has 0 radical (unpaired) electrons. The van der Waals surface area contributed by atoms with Crippen molar-refractivity contribution in [2.45, 2.75) is 0 Å². The number of nitro groups is 1. The van der Waals surface area contributed by atoms with Crippen LogP contribution < -0.4 is 0 Å². The summed E-state index contributed by atoms with van der Waals surface area (Å²) in [5.74, 6) is -1.59. The SMILES string of the molecule is COC(=O)c1nccc2c([N+](=O)[O-])cc(F)cc12. The summed E-state index contributed by atoms with van der Waals surface area (Å²) in [7, 11) is 1.15. The maximum absolute atomic E-state index is 13.3. The maximum Gasteiger partial charge on any atom is 0.357 e. The highest BCUT2D eigenvalue weighted by Gasteiger charge is 2.19. The first-order valence-corrected chi connectivity index (χ1v) is 4.85. The van der Waals surface area contributed by atoms with Crippen molar-refractivity contribution in [1.82, 2.24) is 4.98 Å². The molecule has 2 aromatic rings. The van der Waals surface area contributed by atoms with E-state index in [-0.39, 0.29) is 16.5 Å². The zero-order valence-electron chi connectivity index (χ0n) is 9.21. The summed E-state index contributed by atoms with van der Waals surface area (Å²) in [6.45, 7) is 0. The Kier molecular flexibility index (Phi) is 2.88. The van der Waals surface area contributed by atoms with Gasteiger partial charge in [0.05, 0.1) is 23.5 Å². The van der Waals surface area contributed by atoms with E-state index in [2.05, 4.69) is 9.72 Å². The van der Waals surface area contributed by atoms with Crippen LogP contribution in [0.1, 0.15) is 10.5 Å². The zero-order valence-corrected chi connectivity index (χ0v) is 9.21. The third-order valence-electron chi connectivity index (χ3n) is 2.40. The number of methoxy groups -OCH3 is 1. The molecule has 0 amide bonds. The molecule has 0 saturated heterocycles. The first-order valence-electron chi connectivity index (χ1n) is 4.85. The van der Waals surface area contributed by atoms with Gasteiger partial charge in [0, 0.05) is 11.6 Å². The number of rotatable bonds is 2. The topological polar surface area (TPSA) is 82.3 Å². The molecule has 1 heterocycles. The van der Waals surface area contributed by atoms with E-state index in [4.69, 9.17) is 0 Å². The third-order valence-corrected chi connectivity index (χ3v) is 2.40. The quantitative estimate of drug-likeness (QED) is 0.463. The van der Waals surface area contributed by atoms with Gasteiger partial charge >= 0.3 is 5.97 Å². The van der Waals surface area contributed by atoms with Crippen molar-refractivity contribution >= 4 is 22.4 Å². The van der Waals surface area contributed by atoms with Gasteiger partial charge in [-0.05, 0) is 12.1 Å². The van der Waals surface area contributed by atoms with E-state index >= 15 is 0 Å². The Morgan fingerprint density at radius 3 is 2.78 bits per heavy atom. The molecular weight excluding hydrogens is 243 g/mol. The van der Waals surface area contributed by atoms with Crippen molar-refractivity contribution in [1.29, 1.82) is 0 Å². The van der Waals surface area contributed by atoms with Crippen molar-refractivity contribution in [2.75, 3.05) is 7.11 Å². The van der Waals surface area contributed by atoms with Crippen molar-refractivity contribution in [3.63, 3.8) is 0 Å². The molecule has 0 saturated carbocycles. The van der Waals surface area contributed by atoms with E-state index < -0.39 is 22.4 Å². The highest BCUT2D eigenvalue weighted by Crippen LogP contribution is 2.28. The van der Waals surface area contributed by atoms with E-state index in [1.54, 1.807) is 0 Å². The Hall–Kier alpha value is -2.57. The molecule has 0 N–H and O–H groups in total. The van der Waals surface area contributed by atoms with Crippen molar-refractivity contribution in [3.05, 3.63) is 46.0 Å². The number of benzene rings is 1. The van der Waals surface area contributed by atoms with Crippen LogP contribution in [0.15, 0.2) is 24.4 Å². The van der Waals surface area contributed by atoms with Gasteiger partial charge in [-0.25, -0.2) is 14.2 Å². The lowest BCUT2D eigenvalue weighted by Gasteiger charge is -2.04. The van der Waals surface area contributed by atoms with Gasteiger partial charge in [-0.3, -0.25) is 10.1 Å². The molecule has 0 aliphatic heterocycles. The largest absolute Gasteiger partial charge is 0.464 e. The summed E-state index contributed by atoms with van der Waals surface area (Å²) >= 11 is 0. The number of non-ortho nitro benzene ring substituents is 1. The Labute approximate surface area is 100 Å². The highest BCUT2D eigenvalue weighted by atomic mass is 19.1. The number of aromatic nitrogens is 1. The van der Waals surface area contributed by atoms with Crippen molar-refractivity contribution in [2.24, 2.45) is 0 Å². The predicted molar refractivity (Wildman–Crippen MR) is 59.7 cm³/mol. The number of carbonyl (C=O) groups is 1. The third kappa shape index (κ3) is 1.86. The molecule has 2 rings (SSSR count). The number of hydrogen-bond acceptors (Lipinski definition) is 5. The molecule has 0 atom stereocenters. The summed E-state index contributed by atoms with van der Waals surface area (Å²) in [6.07, 6.45) is 1.24. The van der Waals surface area contributed by atoms with Crippen molar-refractivity contribution < 1.29 is 18.8 Å². The van der Waals surface area contributed by atoms with Crippen molar-refractivity contribution in [3.8, 4) is 0 Å². The molecule has 0 spiro atoms. The van der Waals surface area contributed by atoms with Gasteiger partial charge in [-0.1, -0.05) is 0 Å². The molecule has 92 valence electrons. The summed E-state index contributed by atoms with van der Waals surface area (Å²) in [5, 5.41) is 11.0. The standard InChI is InChI=1S/C11H7FN2O4/c1-18-11(15)10-8-4-6(12)5-9(14(16)17)7(8)2-3-13-10/h2-5H,1H3. The Bertz CT molecular complexity index is 657. The van der Waals surface area contributed by atoms with Gasteiger partial charge < -0.3 is 4.74 Å². The fraction of sp³-hybridized carbons (Fsp3) is 0.0909. The minimum absolute atomic E-state index is 0.0519. The number of hydrogen-bond donors (Lipinski definition) is 0. The van der Waals surface area contributed by atoms with E-state index in [9.17, 15) is 19.3 Å². The lowest BCUT2D eigenvalue weighted by atomic mass is 10.1. The van der Waals surface area contributed by atoms with Crippen LogP contribution in [0.25, 0.3) is 10.8 Å². The number of nitro benzene ring substituents is 1. The molecule has 1 aromatic heterocycles. The summed E-state index contributed by atoms with van der Waals surface area (Å²) in [6, 6.07) is 3.16. The lowest BCUT2D eigenvalue weighted by molar-refractivity contribution is -0.383. The fourth-order valence-electron chi connectivity index (χ4n) is 1.64. The van der Waals surface area contributed by atoms with Gasteiger partial charge in [0.1, 0.15) is 5.82 Å². The number of halogens is 1. The van der Waals surface area contributed by atoms with E-state index in [1.165, 1.54) is 12.3 Å². The average molecular weight is 250 g/mol. The molecular formula is C11H7FN2O4. The summed E-state index contributed by atoms with van der Waals surface area (Å²) in [4.78, 5) is 25.3. The monoisotopic (exact) mass is 250 g/mol. The molecule has 1 aromatic carbocycles. The number of ether oxygens (including phenoxy) is 1. The Balaban J connectivity index is 2.85. The van der Waals surface area contributed by atoms with Gasteiger partial charge in [0.25, 0.3) is 5.69 Å². The second-order valence-electron chi connectivity index (χ2n) is 3.43. The first kappa shape index (κ1) is 11.9. The maximum atomic E-state index is 13.3. The van der Waals surface area contributed by atoms with Crippen LogP contribution in [0, 0.1) is 15.9 Å². The van der Waals surface area contributed by atoms with Crippen LogP contribution in [-0.4, -0.2) is 23.0 Å². The van der Waals surface area contributed by atoms with Gasteiger partial charge in [0.2, 0.25) is 0 Å². The zero-order chi connectivity index (χ0) is 13.3. The summed E-state index contributed by atoms with van der Waals surface area (Å²) in [5.41, 5.74) is -0.574. The molecule has 0 fully saturated rings. The van der Waals surface area contributed by atoms with Crippen LogP contribution in [0.3, 0.4) is 0 Å². The second-order valence-corrected chi connectivity index (χ2v) is 3.43. The lowest BCUT2D eigenvalue weighted by Crippen LogP contribution is -2.05. The minimum atomic E-state index is -0.813. The average Bonchev–Trinajstić information content (AvgIpc) is 2.36. The fourth-order valence-corrected chi connectivity index (χ4v) is 1.64.